The first kappa shape index (κ1) is 64.8. The quantitative estimate of drug-likeness (QED) is 0.0312. The summed E-state index contributed by atoms with van der Waals surface area (Å²) < 4.78 is 142. The van der Waals surface area contributed by atoms with E-state index in [0.717, 1.165) is 36.4 Å². The molecule has 0 saturated heterocycles. The zero-order chi connectivity index (χ0) is 62.0. The van der Waals surface area contributed by atoms with Gasteiger partial charge in [-0.05, 0) is 108 Å². The number of H-pyrrole nitrogens is 4. The molecular formula is C51H32Cl2N18Na2O13S4. The van der Waals surface area contributed by atoms with Crippen molar-refractivity contribution >= 4 is 147 Å². The van der Waals surface area contributed by atoms with Crippen molar-refractivity contribution in [1.82, 2.24) is 59.9 Å². The summed E-state index contributed by atoms with van der Waals surface area (Å²) in [7, 11) is -19.7. The maximum Gasteiger partial charge on any atom is 1.00 e. The van der Waals surface area contributed by atoms with Gasteiger partial charge < -0.3 is 24.9 Å². The monoisotopic (exact) mass is 1350 g/mol. The van der Waals surface area contributed by atoms with Crippen LogP contribution >= 0.6 is 23.2 Å². The predicted molar refractivity (Wildman–Crippen MR) is 311 cm³/mol. The Balaban J connectivity index is 0.00000445. The molecular weight excluding hydrogens is 1320 g/mol. The molecule has 0 atom stereocenters. The molecule has 8 N–H and O–H groups in total. The number of aromatic nitrogens is 12. The second kappa shape index (κ2) is 25.2. The molecule has 0 amide bonds. The predicted octanol–water partition coefficient (Wildman–Crippen LogP) is -1.09. The number of hydrogen-bond donors (Lipinski definition) is 8. The molecule has 12 rings (SSSR count). The molecule has 0 fully saturated rings. The molecule has 12 aromatic rings. The van der Waals surface area contributed by atoms with Gasteiger partial charge in [0.25, 0.3) is 30.4 Å². The number of benzene rings is 8. The number of aromatic amines is 4. The van der Waals surface area contributed by atoms with Crippen molar-refractivity contribution in [2.75, 3.05) is 5.32 Å². The van der Waals surface area contributed by atoms with Gasteiger partial charge in [0, 0.05) is 27.2 Å². The first-order valence-electron chi connectivity index (χ1n) is 24.6. The number of rotatable bonds is 12. The van der Waals surface area contributed by atoms with Crippen LogP contribution in [0, 0.1) is 0 Å². The van der Waals surface area contributed by atoms with E-state index in [-0.39, 0.29) is 147 Å². The summed E-state index contributed by atoms with van der Waals surface area (Å²) in [5.74, 6) is 0. The third-order valence-corrected chi connectivity index (χ3v) is 16.5. The van der Waals surface area contributed by atoms with Crippen LogP contribution in [0.2, 0.25) is 10.6 Å². The smallest absolute Gasteiger partial charge is 0.846 e. The molecule has 0 unspecified atom stereocenters. The van der Waals surface area contributed by atoms with E-state index < -0.39 is 66.9 Å². The maximum absolute atomic E-state index is 13.3. The number of fused-ring (bicyclic) bond motifs is 6. The molecule has 0 bridgehead atoms. The molecule has 4 aromatic heterocycles. The Morgan fingerprint density at radius 1 is 0.478 bits per heavy atom. The second-order valence-electron chi connectivity index (χ2n) is 18.4. The first-order valence-corrected chi connectivity index (χ1v) is 31.1. The van der Waals surface area contributed by atoms with E-state index in [0.29, 0.717) is 33.2 Å². The summed E-state index contributed by atoms with van der Waals surface area (Å²) in [4.78, 5) is 40.1. The van der Waals surface area contributed by atoms with E-state index in [9.17, 15) is 57.0 Å². The number of anilines is 1. The minimum atomic E-state index is -5.10. The molecule has 8 aromatic carbocycles. The van der Waals surface area contributed by atoms with E-state index in [4.69, 9.17) is 23.2 Å². The van der Waals surface area contributed by atoms with E-state index in [2.05, 4.69) is 80.6 Å². The second-order valence-corrected chi connectivity index (χ2v) is 24.7. The van der Waals surface area contributed by atoms with Crippen LogP contribution in [-0.4, -0.2) is 118 Å². The van der Waals surface area contributed by atoms with Crippen LogP contribution in [0.5, 0.6) is 0 Å². The average molecular weight is 1350 g/mol. The standard InChI is InChI=1S/C51H34Cl2N18O13S4.2Na/c52-45-60-47(54-25-7-5-9-29(19-25)70-66-37-23-39(85(73,74)75)31-11-1-3-13-33(31)43(37)68-70)64-49(62-45)58-35-17-15-27(21-41(35)87(79,80)81)56-51(72)57-28-16-18-36(42(22-28)88(82,83)84)59-50-63-46(53)61-48(65-50)55-26-8-6-10-30(20-26)71-67-38-24-40(86(76,77)78)32-12-2-4-14-34(32)44(38)69-71;;/h1-24H,(H2,56,57,72)(H,73,74,75)(H,76,77,78)(H,79,80,81)(H,82,83,84)(H2,54,58,60,62,64)(H2,55,59,61,63,65);;/q;2*+1/p-2. The van der Waals surface area contributed by atoms with Crippen LogP contribution in [0.3, 0.4) is 0 Å². The molecule has 39 heteroatoms. The van der Waals surface area contributed by atoms with Crippen LogP contribution in [0.15, 0.2) is 190 Å². The molecule has 0 spiro atoms. The van der Waals surface area contributed by atoms with Crippen molar-refractivity contribution < 1.29 is 116 Å². The minimum absolute atomic E-state index is 0. The molecule has 0 aliphatic carbocycles. The van der Waals surface area contributed by atoms with Crippen LogP contribution in [-0.2, 0) is 40.5 Å². The third kappa shape index (κ3) is 14.0. The fourth-order valence-electron chi connectivity index (χ4n) is 8.95. The summed E-state index contributed by atoms with van der Waals surface area (Å²) in [5, 5.41) is 34.2. The molecule has 0 saturated carbocycles. The van der Waals surface area contributed by atoms with Crippen molar-refractivity contribution in [2.45, 2.75) is 19.6 Å². The maximum atomic E-state index is 13.3. The molecule has 0 radical (unpaired) electrons. The SMILES string of the molecule is O=S(=O)([O-])c1cc2nn(-c3cccc(N=c4nc(Cl)[nH]c(=Nc5ccc(N=C([O-])Nc6ccc(N=c7[nH]c(Cl)nc(=Nc8cccc(-n9nc%10cc(S(=O)(=O)O)c%11ccccc%11c%10n9)c8)[nH]7)c(S(=O)(=O)O)c6)cc5S(=O)(=O)O)[nH]4)c3)nc2c2ccccc12.[Na+].[Na+]. The van der Waals surface area contributed by atoms with Gasteiger partial charge in [0.05, 0.1) is 50.7 Å². The van der Waals surface area contributed by atoms with Gasteiger partial charge in [0.15, 0.2) is 0 Å². The van der Waals surface area contributed by atoms with E-state index in [1.807, 2.05) is 0 Å². The summed E-state index contributed by atoms with van der Waals surface area (Å²) in [6.45, 7) is 0. The Kier molecular flexibility index (Phi) is 18.2. The first-order chi connectivity index (χ1) is 41.7. The fourth-order valence-corrected chi connectivity index (χ4v) is 12.0. The molecule has 444 valence electrons. The van der Waals surface area contributed by atoms with Crippen LogP contribution < -0.4 is 92.0 Å². The Labute approximate surface area is 558 Å². The van der Waals surface area contributed by atoms with Gasteiger partial charge in [-0.3, -0.25) is 23.6 Å². The molecule has 4 heterocycles. The summed E-state index contributed by atoms with van der Waals surface area (Å²) in [6, 6.07) is 32.9. The van der Waals surface area contributed by atoms with E-state index >= 15 is 0 Å². The zero-order valence-electron chi connectivity index (χ0n) is 45.5. The van der Waals surface area contributed by atoms with Gasteiger partial charge in [-0.15, -0.1) is 20.4 Å². The Hall–Kier alpha value is -8.21. The largest absolute Gasteiger partial charge is 1.00 e. The van der Waals surface area contributed by atoms with Gasteiger partial charge in [-0.25, -0.2) is 33.4 Å². The summed E-state index contributed by atoms with van der Waals surface area (Å²) in [6.07, 6.45) is 0. The van der Waals surface area contributed by atoms with Crippen LogP contribution in [0.1, 0.15) is 0 Å². The summed E-state index contributed by atoms with van der Waals surface area (Å²) >= 11 is 12.6. The Bertz CT molecular complexity index is 5790. The molecule has 31 nitrogen and oxygen atoms in total. The molecule has 90 heavy (non-hydrogen) atoms. The number of aliphatic imine (C=N–C) groups is 1. The third-order valence-electron chi connectivity index (χ3n) is 12.6. The average Bonchev–Trinajstić information content (AvgIpc) is 1.52. The van der Waals surface area contributed by atoms with E-state index in [1.54, 1.807) is 78.9 Å². The zero-order valence-corrected chi connectivity index (χ0v) is 54.3. The van der Waals surface area contributed by atoms with Gasteiger partial charge in [0.2, 0.25) is 33.0 Å². The van der Waals surface area contributed by atoms with Crippen molar-refractivity contribution in [1.29, 1.82) is 0 Å². The van der Waals surface area contributed by atoms with Gasteiger partial charge in [0.1, 0.15) is 46.9 Å². The Morgan fingerprint density at radius 3 is 1.40 bits per heavy atom. The van der Waals surface area contributed by atoms with Crippen molar-refractivity contribution in [3.05, 3.63) is 179 Å². The van der Waals surface area contributed by atoms with Crippen LogP contribution in [0.4, 0.5) is 34.1 Å². The number of hydrogen-bond acceptors (Lipinski definition) is 21. The van der Waals surface area contributed by atoms with Gasteiger partial charge >= 0.3 is 59.1 Å². The number of halogens is 2. The van der Waals surface area contributed by atoms with Crippen molar-refractivity contribution in [3.63, 3.8) is 0 Å². The fraction of sp³-hybridized carbons (Fsp3) is 0. The minimum Gasteiger partial charge on any atom is -0.846 e. The number of nitrogens with one attached hydrogen (secondary N) is 5. The Morgan fingerprint density at radius 2 is 0.922 bits per heavy atom. The van der Waals surface area contributed by atoms with Crippen molar-refractivity contribution in [2.24, 2.45) is 25.0 Å². The molecule has 0 aliphatic heterocycles. The van der Waals surface area contributed by atoms with Gasteiger partial charge in [-0.2, -0.15) is 44.8 Å². The van der Waals surface area contributed by atoms with Gasteiger partial charge in [-0.1, -0.05) is 60.7 Å². The topological polar surface area (TPSA) is 468 Å². The van der Waals surface area contributed by atoms with E-state index in [1.165, 1.54) is 39.9 Å². The number of amidine groups is 1. The normalized spacial score (nSPS) is 13.3. The van der Waals surface area contributed by atoms with Crippen LogP contribution in [0.25, 0.3) is 55.0 Å². The molecule has 0 aliphatic rings. The van der Waals surface area contributed by atoms with Crippen molar-refractivity contribution in [3.8, 4) is 11.4 Å². The number of nitrogens with zero attached hydrogens (tertiary/aromatic N) is 13. The summed E-state index contributed by atoms with van der Waals surface area (Å²) in [5.41, 5.74) is 0.0697.